The van der Waals surface area contributed by atoms with Crippen molar-refractivity contribution >= 4 is 12.0 Å². The van der Waals surface area contributed by atoms with Gasteiger partial charge in [-0.2, -0.15) is 0 Å². The van der Waals surface area contributed by atoms with Gasteiger partial charge in [0.1, 0.15) is 18.5 Å². The van der Waals surface area contributed by atoms with Gasteiger partial charge in [-0.1, -0.05) is 66.7 Å². The van der Waals surface area contributed by atoms with Crippen molar-refractivity contribution in [2.75, 3.05) is 26.4 Å². The van der Waals surface area contributed by atoms with Crippen LogP contribution in [0.4, 0.5) is 4.79 Å². The van der Waals surface area contributed by atoms with E-state index < -0.39 is 36.3 Å². The van der Waals surface area contributed by atoms with E-state index >= 15 is 0 Å². The summed E-state index contributed by atoms with van der Waals surface area (Å²) in [5.74, 6) is -0.402. The summed E-state index contributed by atoms with van der Waals surface area (Å²) in [5, 5.41) is 37.4. The second-order valence-corrected chi connectivity index (χ2v) is 11.7. The zero-order valence-corrected chi connectivity index (χ0v) is 25.2. The summed E-state index contributed by atoms with van der Waals surface area (Å²) in [6.07, 6.45) is -1.11. The number of ether oxygens (including phenoxy) is 3. The van der Waals surface area contributed by atoms with Gasteiger partial charge in [0.05, 0.1) is 44.1 Å². The Labute approximate surface area is 263 Å². The molecule has 1 aliphatic heterocycles. The molecule has 10 heteroatoms. The first-order valence-electron chi connectivity index (χ1n) is 15.6. The number of nitrogens with one attached hydrogen (secondary N) is 2. The highest BCUT2D eigenvalue weighted by molar-refractivity contribution is 5.80. The summed E-state index contributed by atoms with van der Waals surface area (Å²) in [6, 6.07) is 23.1. The maximum Gasteiger partial charge on any atom is 0.407 e. The molecule has 2 aliphatic rings. The topological polar surface area (TPSA) is 147 Å². The van der Waals surface area contributed by atoms with Gasteiger partial charge in [0.15, 0.2) is 0 Å². The summed E-state index contributed by atoms with van der Waals surface area (Å²) in [7, 11) is 0. The van der Waals surface area contributed by atoms with Crippen molar-refractivity contribution < 1.29 is 39.1 Å². The Bertz CT molecular complexity index is 1380. The molecule has 1 heterocycles. The molecule has 45 heavy (non-hydrogen) atoms. The minimum atomic E-state index is -1.10. The number of amides is 2. The lowest BCUT2D eigenvalue weighted by molar-refractivity contribution is -0.127. The Balaban J connectivity index is 1.34. The first-order chi connectivity index (χ1) is 21.9. The van der Waals surface area contributed by atoms with Crippen LogP contribution in [0.5, 0.6) is 5.75 Å². The number of hydrogen-bond acceptors (Lipinski definition) is 8. The molecule has 5 N–H and O–H groups in total. The number of alkyl carbamates (subject to hydrolysis) is 1. The molecule has 1 saturated heterocycles. The van der Waals surface area contributed by atoms with Crippen LogP contribution in [0.3, 0.4) is 0 Å². The monoisotopic (exact) mass is 618 g/mol. The van der Waals surface area contributed by atoms with Crippen LogP contribution in [0.2, 0.25) is 0 Å². The molecule has 10 nitrogen and oxygen atoms in total. The first kappa shape index (κ1) is 32.4. The summed E-state index contributed by atoms with van der Waals surface area (Å²) >= 11 is 0. The van der Waals surface area contributed by atoms with E-state index in [1.54, 1.807) is 12.1 Å². The zero-order chi connectivity index (χ0) is 31.6. The number of aliphatic hydroxyl groups is 3. The van der Waals surface area contributed by atoms with Gasteiger partial charge in [0, 0.05) is 18.8 Å². The van der Waals surface area contributed by atoms with E-state index in [1.807, 2.05) is 66.7 Å². The van der Waals surface area contributed by atoms with Crippen LogP contribution in [-0.2, 0) is 33.5 Å². The van der Waals surface area contributed by atoms with Crippen molar-refractivity contribution in [2.45, 2.75) is 62.5 Å². The fourth-order valence-corrected chi connectivity index (χ4v) is 6.02. The van der Waals surface area contributed by atoms with Gasteiger partial charge in [-0.15, -0.1) is 0 Å². The molecule has 0 saturated carbocycles. The Kier molecular flexibility index (Phi) is 11.4. The molecule has 5 rings (SSSR count). The SMILES string of the molecule is O=C(NC(Cc1ccccc1)C(O)CC(Cc1ccc(OCCO)cc1)C(=O)N[C@H]1c2ccccc2C[C@@H]1O)OC1CCOC1. The van der Waals surface area contributed by atoms with E-state index in [4.69, 9.17) is 19.3 Å². The van der Waals surface area contributed by atoms with E-state index in [1.165, 1.54) is 0 Å². The molecule has 0 aromatic heterocycles. The largest absolute Gasteiger partial charge is 0.491 e. The van der Waals surface area contributed by atoms with Gasteiger partial charge < -0.3 is 40.2 Å². The molecule has 1 aliphatic carbocycles. The fourth-order valence-electron chi connectivity index (χ4n) is 6.02. The lowest BCUT2D eigenvalue weighted by Gasteiger charge is -2.29. The van der Waals surface area contributed by atoms with Gasteiger partial charge in [0.25, 0.3) is 0 Å². The molecule has 3 aromatic rings. The number of carbonyl (C=O) groups excluding carboxylic acids is 2. The highest BCUT2D eigenvalue weighted by atomic mass is 16.6. The molecular weight excluding hydrogens is 576 g/mol. The molecule has 1 fully saturated rings. The third-order valence-electron chi connectivity index (χ3n) is 8.39. The van der Waals surface area contributed by atoms with Crippen LogP contribution >= 0.6 is 0 Å². The third kappa shape index (κ3) is 9.04. The van der Waals surface area contributed by atoms with Crippen molar-refractivity contribution in [1.29, 1.82) is 0 Å². The maximum absolute atomic E-state index is 13.9. The number of carbonyl (C=O) groups is 2. The Hall–Kier alpha value is -3.96. The number of benzene rings is 3. The minimum absolute atomic E-state index is 0.0450. The van der Waals surface area contributed by atoms with Crippen molar-refractivity contribution in [3.63, 3.8) is 0 Å². The van der Waals surface area contributed by atoms with E-state index in [2.05, 4.69) is 10.6 Å². The standard InChI is InChI=1S/C35H42N2O8/c38-15-17-44-27-12-10-24(11-13-27)18-26(34(41)37-33-29-9-5-4-8-25(29)20-32(33)40)21-31(39)30(19-23-6-2-1-3-7-23)36-35(42)45-28-14-16-43-22-28/h1-13,26,28,30-33,38-40H,14-22H2,(H,36,42)(H,37,41)/t26?,28?,30?,31?,32-,33-/m0/s1. The zero-order valence-electron chi connectivity index (χ0n) is 25.2. The normalized spacial score (nSPS) is 20.9. The molecule has 0 bridgehead atoms. The number of hydrogen-bond donors (Lipinski definition) is 5. The lowest BCUT2D eigenvalue weighted by atomic mass is 9.88. The number of aliphatic hydroxyl groups excluding tert-OH is 3. The molecule has 3 aromatic carbocycles. The Morgan fingerprint density at radius 1 is 0.956 bits per heavy atom. The molecular formula is C35H42N2O8. The van der Waals surface area contributed by atoms with E-state index in [0.717, 1.165) is 22.3 Å². The molecule has 0 spiro atoms. The van der Waals surface area contributed by atoms with Gasteiger partial charge in [-0.25, -0.2) is 4.79 Å². The summed E-state index contributed by atoms with van der Waals surface area (Å²) in [5.41, 5.74) is 3.63. The van der Waals surface area contributed by atoms with Crippen LogP contribution in [0.25, 0.3) is 0 Å². The second kappa shape index (κ2) is 15.9. The molecule has 4 unspecified atom stereocenters. The van der Waals surface area contributed by atoms with Gasteiger partial charge >= 0.3 is 6.09 Å². The van der Waals surface area contributed by atoms with Crippen molar-refractivity contribution in [3.05, 3.63) is 101 Å². The van der Waals surface area contributed by atoms with Crippen molar-refractivity contribution in [1.82, 2.24) is 10.6 Å². The first-order valence-corrected chi connectivity index (χ1v) is 15.6. The fraction of sp³-hybridized carbons (Fsp3) is 0.429. The second-order valence-electron chi connectivity index (χ2n) is 11.7. The van der Waals surface area contributed by atoms with Crippen molar-refractivity contribution in [3.8, 4) is 5.75 Å². The van der Waals surface area contributed by atoms with Crippen LogP contribution in [0.15, 0.2) is 78.9 Å². The lowest BCUT2D eigenvalue weighted by Crippen LogP contribution is -2.48. The van der Waals surface area contributed by atoms with Crippen LogP contribution in [0.1, 0.15) is 41.1 Å². The highest BCUT2D eigenvalue weighted by Crippen LogP contribution is 2.32. The molecule has 240 valence electrons. The van der Waals surface area contributed by atoms with E-state index in [9.17, 15) is 19.8 Å². The minimum Gasteiger partial charge on any atom is -0.491 e. The van der Waals surface area contributed by atoms with Crippen molar-refractivity contribution in [2.24, 2.45) is 5.92 Å². The van der Waals surface area contributed by atoms with E-state index in [-0.39, 0.29) is 31.6 Å². The predicted molar refractivity (Wildman–Crippen MR) is 167 cm³/mol. The average Bonchev–Trinajstić information content (AvgIpc) is 3.67. The van der Waals surface area contributed by atoms with Crippen LogP contribution in [0, 0.1) is 5.92 Å². The van der Waals surface area contributed by atoms with Gasteiger partial charge in [0.2, 0.25) is 5.91 Å². The van der Waals surface area contributed by atoms with E-state index in [0.29, 0.717) is 44.6 Å². The summed E-state index contributed by atoms with van der Waals surface area (Å²) in [4.78, 5) is 26.8. The Morgan fingerprint density at radius 2 is 1.69 bits per heavy atom. The maximum atomic E-state index is 13.9. The van der Waals surface area contributed by atoms with Gasteiger partial charge in [-0.05, 0) is 53.6 Å². The highest BCUT2D eigenvalue weighted by Gasteiger charge is 2.35. The quantitative estimate of drug-likeness (QED) is 0.185. The molecule has 6 atom stereocenters. The smallest absolute Gasteiger partial charge is 0.407 e. The van der Waals surface area contributed by atoms with Crippen LogP contribution in [-0.4, -0.2) is 78.1 Å². The molecule has 2 amide bonds. The van der Waals surface area contributed by atoms with Crippen LogP contribution < -0.4 is 15.4 Å². The van der Waals surface area contributed by atoms with Gasteiger partial charge in [-0.3, -0.25) is 4.79 Å². The predicted octanol–water partition coefficient (Wildman–Crippen LogP) is 2.87. The third-order valence-corrected chi connectivity index (χ3v) is 8.39. The molecule has 0 radical (unpaired) electrons. The number of fused-ring (bicyclic) bond motifs is 1. The number of rotatable bonds is 14. The average molecular weight is 619 g/mol. The Morgan fingerprint density at radius 3 is 2.42 bits per heavy atom. The summed E-state index contributed by atoms with van der Waals surface area (Å²) < 4.78 is 16.3. The summed E-state index contributed by atoms with van der Waals surface area (Å²) in [6.45, 7) is 0.938.